The van der Waals surface area contributed by atoms with Crippen LogP contribution in [0.1, 0.15) is 76.8 Å². The van der Waals surface area contributed by atoms with Crippen molar-refractivity contribution in [3.8, 4) is 12.1 Å². The third kappa shape index (κ3) is 3.55. The molecule has 0 saturated carbocycles. The summed E-state index contributed by atoms with van der Waals surface area (Å²) >= 11 is 3.49. The molecule has 1 aromatic carbocycles. The van der Waals surface area contributed by atoms with E-state index in [0.29, 0.717) is 5.84 Å². The molecule has 0 spiro atoms. The van der Waals surface area contributed by atoms with E-state index < -0.39 is 21.1 Å². The van der Waals surface area contributed by atoms with Crippen molar-refractivity contribution in [2.75, 3.05) is 11.5 Å². The molecule has 4 rings (SSSR count). The molecule has 0 radical (unpaired) electrons. The van der Waals surface area contributed by atoms with Crippen molar-refractivity contribution < 1.29 is 0 Å². The monoisotopic (exact) mass is 493 g/mol. The fraction of sp³-hybridized carbons (Fsp3) is 0.593. The fourth-order valence-electron chi connectivity index (χ4n) is 5.77. The van der Waals surface area contributed by atoms with E-state index in [0.717, 1.165) is 79.7 Å². The zero-order valence-corrected chi connectivity index (χ0v) is 21.9. The van der Waals surface area contributed by atoms with Gasteiger partial charge in [0.2, 0.25) is 0 Å². The number of nitrogens with zero attached hydrogens (tertiary/aromatic N) is 3. The van der Waals surface area contributed by atoms with Gasteiger partial charge in [0.1, 0.15) is 5.84 Å². The van der Waals surface area contributed by atoms with Crippen LogP contribution in [0.4, 0.5) is 0 Å². The second-order valence-corrected chi connectivity index (χ2v) is 12.3. The summed E-state index contributed by atoms with van der Waals surface area (Å²) in [5.41, 5.74) is 7.62. The number of unbranched alkanes of at least 4 members (excludes halogenated alkanes) is 2. The number of thioether (sulfide) groups is 2. The van der Waals surface area contributed by atoms with Crippen LogP contribution in [-0.4, -0.2) is 21.5 Å². The average Bonchev–Trinajstić information content (AvgIpc) is 3.10. The highest BCUT2D eigenvalue weighted by Crippen LogP contribution is 2.72. The number of nitriles is 2. The molecule has 0 fully saturated rings. The number of nitrogens with two attached hydrogens (primary N) is 1. The minimum absolute atomic E-state index is 0.308. The summed E-state index contributed by atoms with van der Waals surface area (Å²) in [6, 6.07) is 15.0. The summed E-state index contributed by atoms with van der Waals surface area (Å²) in [6.45, 7) is 4.36. The van der Waals surface area contributed by atoms with E-state index in [-0.39, 0.29) is 0 Å². The number of amidine groups is 1. The highest BCUT2D eigenvalue weighted by atomic mass is 32.2. The van der Waals surface area contributed by atoms with Crippen LogP contribution >= 0.6 is 23.5 Å². The van der Waals surface area contributed by atoms with Crippen LogP contribution in [0, 0.1) is 33.5 Å². The molecule has 2 aliphatic heterocycles. The third-order valence-corrected chi connectivity index (χ3v) is 10.7. The largest absolute Gasteiger partial charge is 0.386 e. The van der Waals surface area contributed by atoms with Gasteiger partial charge in [0.25, 0.3) is 0 Å². The first-order valence-electron chi connectivity index (χ1n) is 12.6. The topological polar surface area (TPSA) is 98.0 Å². The van der Waals surface area contributed by atoms with Crippen LogP contribution < -0.4 is 11.1 Å². The Labute approximate surface area is 212 Å². The lowest BCUT2D eigenvalue weighted by Crippen LogP contribution is -2.62. The second-order valence-electron chi connectivity index (χ2n) is 9.42. The van der Waals surface area contributed by atoms with Gasteiger partial charge in [-0.1, -0.05) is 57.0 Å². The summed E-state index contributed by atoms with van der Waals surface area (Å²) in [6.07, 6.45) is 8.07. The van der Waals surface area contributed by atoms with E-state index in [1.165, 1.54) is 0 Å². The van der Waals surface area contributed by atoms with Crippen molar-refractivity contribution in [1.29, 1.82) is 10.5 Å². The van der Waals surface area contributed by atoms with E-state index >= 15 is 0 Å². The Morgan fingerprint density at radius 2 is 1.68 bits per heavy atom. The molecule has 0 saturated heterocycles. The maximum Gasteiger partial charge on any atom is 0.178 e. The van der Waals surface area contributed by atoms with E-state index in [4.69, 9.17) is 10.7 Å². The van der Waals surface area contributed by atoms with Crippen LogP contribution in [0.5, 0.6) is 0 Å². The van der Waals surface area contributed by atoms with Gasteiger partial charge in [-0.3, -0.25) is 0 Å². The van der Waals surface area contributed by atoms with Crippen LogP contribution in [0.15, 0.2) is 46.6 Å². The molecule has 5 nitrogen and oxygen atoms in total. The maximum atomic E-state index is 11.2. The smallest absolute Gasteiger partial charge is 0.178 e. The number of hydrogen-bond donors (Lipinski definition) is 2. The van der Waals surface area contributed by atoms with Crippen LogP contribution in [0.2, 0.25) is 0 Å². The van der Waals surface area contributed by atoms with E-state index in [1.54, 1.807) is 23.5 Å². The molecule has 34 heavy (non-hydrogen) atoms. The Kier molecular flexibility index (Phi) is 7.55. The van der Waals surface area contributed by atoms with Gasteiger partial charge in [-0.15, -0.1) is 23.5 Å². The minimum Gasteiger partial charge on any atom is -0.386 e. The molecule has 0 aromatic heterocycles. The SMILES string of the molecule is CCCCSC1(SCCCC)N=C(N)C2(C#N)C(c3ccccc3)NC3=C(CCCC3)C12C#N. The molecule has 7 heteroatoms. The first kappa shape index (κ1) is 25.0. The van der Waals surface area contributed by atoms with Gasteiger partial charge in [-0.05, 0) is 61.2 Å². The van der Waals surface area contributed by atoms with Crippen LogP contribution in [0.25, 0.3) is 0 Å². The van der Waals surface area contributed by atoms with E-state index in [9.17, 15) is 10.5 Å². The number of hydrogen-bond acceptors (Lipinski definition) is 7. The summed E-state index contributed by atoms with van der Waals surface area (Å²) in [5, 5.41) is 25.9. The first-order chi connectivity index (χ1) is 16.6. The number of benzene rings is 1. The highest BCUT2D eigenvalue weighted by Gasteiger charge is 2.77. The van der Waals surface area contributed by atoms with Gasteiger partial charge in [-0.25, -0.2) is 4.99 Å². The minimum atomic E-state index is -1.27. The Balaban J connectivity index is 1.99. The van der Waals surface area contributed by atoms with Crippen molar-refractivity contribution in [3.63, 3.8) is 0 Å². The summed E-state index contributed by atoms with van der Waals surface area (Å²) in [7, 11) is 0. The van der Waals surface area contributed by atoms with E-state index in [2.05, 4.69) is 31.3 Å². The summed E-state index contributed by atoms with van der Waals surface area (Å²) < 4.78 is -0.820. The predicted molar refractivity (Wildman–Crippen MR) is 143 cm³/mol. The molecular weight excluding hydrogens is 458 g/mol. The third-order valence-electron chi connectivity index (χ3n) is 7.48. The molecule has 3 atom stereocenters. The van der Waals surface area contributed by atoms with Gasteiger partial charge >= 0.3 is 0 Å². The van der Waals surface area contributed by atoms with Crippen LogP contribution in [-0.2, 0) is 0 Å². The molecule has 180 valence electrons. The van der Waals surface area contributed by atoms with E-state index in [1.807, 2.05) is 30.3 Å². The second kappa shape index (κ2) is 10.3. The zero-order valence-electron chi connectivity index (χ0n) is 20.3. The number of nitrogens with one attached hydrogen (secondary N) is 1. The van der Waals surface area contributed by atoms with Crippen LogP contribution in [0.3, 0.4) is 0 Å². The van der Waals surface area contributed by atoms with Gasteiger partial charge in [-0.2, -0.15) is 10.5 Å². The Bertz CT molecular complexity index is 1030. The van der Waals surface area contributed by atoms with Crippen molar-refractivity contribution in [3.05, 3.63) is 47.2 Å². The molecule has 3 aliphatic rings. The maximum absolute atomic E-state index is 11.2. The quantitative estimate of drug-likeness (QED) is 0.311. The molecule has 0 bridgehead atoms. The van der Waals surface area contributed by atoms with Gasteiger partial charge in [0.15, 0.2) is 15.0 Å². The molecule has 2 heterocycles. The lowest BCUT2D eigenvalue weighted by molar-refractivity contribution is 0.185. The fourth-order valence-corrected chi connectivity index (χ4v) is 9.44. The van der Waals surface area contributed by atoms with Crippen molar-refractivity contribution >= 4 is 29.4 Å². The van der Waals surface area contributed by atoms with Gasteiger partial charge in [0, 0.05) is 5.70 Å². The van der Waals surface area contributed by atoms with Crippen molar-refractivity contribution in [1.82, 2.24) is 5.32 Å². The normalized spacial score (nSPS) is 29.3. The Morgan fingerprint density at radius 1 is 1.03 bits per heavy atom. The Hall–Kier alpha value is -2.09. The van der Waals surface area contributed by atoms with Gasteiger partial charge in [0.05, 0.1) is 18.2 Å². The Morgan fingerprint density at radius 3 is 2.26 bits per heavy atom. The summed E-state index contributed by atoms with van der Waals surface area (Å²) in [5.74, 6) is 2.09. The van der Waals surface area contributed by atoms with Crippen molar-refractivity contribution in [2.45, 2.75) is 75.5 Å². The first-order valence-corrected chi connectivity index (χ1v) is 14.5. The number of rotatable bonds is 9. The summed E-state index contributed by atoms with van der Waals surface area (Å²) in [4.78, 5) is 5.16. The molecule has 1 aliphatic carbocycles. The highest BCUT2D eigenvalue weighted by molar-refractivity contribution is 8.18. The van der Waals surface area contributed by atoms with Crippen molar-refractivity contribution in [2.24, 2.45) is 21.6 Å². The predicted octanol–water partition coefficient (Wildman–Crippen LogP) is 6.27. The zero-order chi connectivity index (χ0) is 24.2. The number of fused-ring (bicyclic) bond motifs is 2. The lowest BCUT2D eigenvalue weighted by Gasteiger charge is -2.54. The average molecular weight is 494 g/mol. The number of aliphatic imine (C=N–C) groups is 1. The molecule has 0 amide bonds. The molecular formula is C27H35N5S2. The molecule has 3 N–H and O–H groups in total. The van der Waals surface area contributed by atoms with Gasteiger partial charge < -0.3 is 11.1 Å². The molecule has 1 aromatic rings. The number of allylic oxidation sites excluding steroid dienone is 1. The lowest BCUT2D eigenvalue weighted by atomic mass is 9.53. The molecule has 3 unspecified atom stereocenters. The standard InChI is InChI=1S/C27H35N5S2/c1-3-5-16-33-27(34-17-6-4-2)26(19-29)21-14-10-11-15-22(21)31-23(20-12-8-7-9-13-20)25(26,18-28)24(30)32-27/h7-9,12-13,23,31H,3-6,10-11,14-17H2,1-2H3,(H2,30,32).